The minimum atomic E-state index is -0.0185. The second-order valence-corrected chi connectivity index (χ2v) is 9.45. The number of aryl methyl sites for hydroxylation is 2. The lowest BCUT2D eigenvalue weighted by molar-refractivity contribution is 0.0170. The molecule has 1 amide bonds. The lowest BCUT2D eigenvalue weighted by Gasteiger charge is -2.28. The Morgan fingerprint density at radius 2 is 1.90 bits per heavy atom. The molecule has 5 rings (SSSR count). The van der Waals surface area contributed by atoms with Gasteiger partial charge in [0.2, 0.25) is 0 Å². The number of aromatic nitrogens is 4. The highest BCUT2D eigenvalue weighted by molar-refractivity contribution is 7.18. The van der Waals surface area contributed by atoms with Gasteiger partial charge in [0, 0.05) is 19.6 Å². The number of hydrogen-bond donors (Lipinski definition) is 0. The molecule has 8 heteroatoms. The first kappa shape index (κ1) is 19.8. The van der Waals surface area contributed by atoms with Crippen LogP contribution in [-0.2, 0) is 6.54 Å². The third kappa shape index (κ3) is 3.84. The third-order valence-electron chi connectivity index (χ3n) is 5.52. The van der Waals surface area contributed by atoms with Crippen LogP contribution in [0.5, 0.6) is 0 Å². The highest BCUT2D eigenvalue weighted by Gasteiger charge is 2.33. The zero-order valence-electron chi connectivity index (χ0n) is 17.8. The summed E-state index contributed by atoms with van der Waals surface area (Å²) in [6.07, 6.45) is 3.24. The second-order valence-electron chi connectivity index (χ2n) is 8.21. The van der Waals surface area contributed by atoms with Gasteiger partial charge in [0.1, 0.15) is 0 Å². The Bertz CT molecular complexity index is 1250. The molecule has 0 bridgehead atoms. The summed E-state index contributed by atoms with van der Waals surface area (Å²) < 4.78 is 1.19. The molecule has 1 fully saturated rings. The maximum absolute atomic E-state index is 13.7. The quantitative estimate of drug-likeness (QED) is 0.488. The van der Waals surface area contributed by atoms with Crippen molar-refractivity contribution in [1.82, 2.24) is 30.0 Å². The second kappa shape index (κ2) is 7.86. The van der Waals surface area contributed by atoms with E-state index in [9.17, 15) is 4.79 Å². The van der Waals surface area contributed by atoms with E-state index in [1.165, 1.54) is 15.1 Å². The van der Waals surface area contributed by atoms with Crippen molar-refractivity contribution in [2.45, 2.75) is 27.3 Å². The molecule has 1 atom stereocenters. The normalized spacial score (nSPS) is 17.0. The Kier molecular flexibility index (Phi) is 5.03. The van der Waals surface area contributed by atoms with Crippen molar-refractivity contribution in [2.24, 2.45) is 5.92 Å². The molecule has 31 heavy (non-hydrogen) atoms. The van der Waals surface area contributed by atoms with Gasteiger partial charge in [-0.3, -0.25) is 9.80 Å². The van der Waals surface area contributed by atoms with E-state index in [2.05, 4.69) is 45.3 Å². The third-order valence-corrected chi connectivity index (χ3v) is 6.46. The molecule has 1 aliphatic heterocycles. The minimum Gasteiger partial charge on any atom is -0.271 e. The summed E-state index contributed by atoms with van der Waals surface area (Å²) in [5.74, 6) is 0.379. The van der Waals surface area contributed by atoms with Crippen LogP contribution in [0.1, 0.15) is 33.4 Å². The minimum absolute atomic E-state index is 0.0185. The number of hydrazine groups is 1. The molecule has 0 aliphatic carbocycles. The Balaban J connectivity index is 1.46. The van der Waals surface area contributed by atoms with E-state index in [0.717, 1.165) is 22.6 Å². The average molecular weight is 433 g/mol. The van der Waals surface area contributed by atoms with Crippen LogP contribution < -0.4 is 0 Å². The van der Waals surface area contributed by atoms with E-state index in [4.69, 9.17) is 0 Å². The Morgan fingerprint density at radius 3 is 2.71 bits per heavy atom. The largest absolute Gasteiger partial charge is 0.271 e. The fourth-order valence-corrected chi connectivity index (χ4v) is 5.05. The van der Waals surface area contributed by atoms with Gasteiger partial charge in [-0.05, 0) is 49.6 Å². The van der Waals surface area contributed by atoms with E-state index in [-0.39, 0.29) is 5.91 Å². The summed E-state index contributed by atoms with van der Waals surface area (Å²) in [5.41, 5.74) is 4.56. The van der Waals surface area contributed by atoms with E-state index < -0.39 is 0 Å². The zero-order chi connectivity index (χ0) is 21.5. The average Bonchev–Trinajstić information content (AvgIpc) is 3.47. The van der Waals surface area contributed by atoms with Crippen LogP contribution in [0.25, 0.3) is 15.9 Å². The van der Waals surface area contributed by atoms with Gasteiger partial charge in [-0.25, -0.2) is 9.99 Å². The maximum atomic E-state index is 13.7. The smallest absolute Gasteiger partial charge is 0.270 e. The van der Waals surface area contributed by atoms with E-state index >= 15 is 0 Å². The number of hydrogen-bond acceptors (Lipinski definition) is 6. The molecule has 0 unspecified atom stereocenters. The van der Waals surface area contributed by atoms with Crippen molar-refractivity contribution >= 4 is 27.5 Å². The number of benzene rings is 2. The molecule has 0 spiro atoms. The monoisotopic (exact) mass is 432 g/mol. The van der Waals surface area contributed by atoms with E-state index in [1.807, 2.05) is 37.1 Å². The molecule has 158 valence electrons. The van der Waals surface area contributed by atoms with E-state index in [0.29, 0.717) is 30.3 Å². The molecule has 4 aromatic rings. The Hall–Kier alpha value is -3.10. The number of carbonyl (C=O) groups is 1. The molecule has 0 saturated carbocycles. The van der Waals surface area contributed by atoms with Crippen LogP contribution in [0.3, 0.4) is 0 Å². The summed E-state index contributed by atoms with van der Waals surface area (Å²) in [6.45, 7) is 8.42. The molecule has 7 nitrogen and oxygen atoms in total. The fraction of sp³-hybridized carbons (Fsp3) is 0.304. The van der Waals surface area contributed by atoms with Crippen LogP contribution in [0, 0.1) is 19.8 Å². The lowest BCUT2D eigenvalue weighted by Crippen LogP contribution is -2.41. The SMILES string of the molecule is Cc1ccc(-n2nccn2)c(C(=O)N2C[C@H](C)CN2Cc2ccc3nc(C)sc3c2)c1. The van der Waals surface area contributed by atoms with Gasteiger partial charge in [-0.2, -0.15) is 15.0 Å². The predicted octanol–water partition coefficient (Wildman–Crippen LogP) is 4.00. The Morgan fingerprint density at radius 1 is 1.10 bits per heavy atom. The molecule has 2 aromatic carbocycles. The van der Waals surface area contributed by atoms with Crippen molar-refractivity contribution in [3.8, 4) is 5.69 Å². The fourth-order valence-electron chi connectivity index (χ4n) is 4.16. The summed E-state index contributed by atoms with van der Waals surface area (Å²) in [6, 6.07) is 12.2. The highest BCUT2D eigenvalue weighted by atomic mass is 32.1. The van der Waals surface area contributed by atoms with Crippen LogP contribution in [-0.4, -0.2) is 49.0 Å². The number of fused-ring (bicyclic) bond motifs is 1. The van der Waals surface area contributed by atoms with Crippen molar-refractivity contribution in [3.63, 3.8) is 0 Å². The number of amides is 1. The van der Waals surface area contributed by atoms with Crippen LogP contribution >= 0.6 is 11.3 Å². The molecular weight excluding hydrogens is 408 g/mol. The topological polar surface area (TPSA) is 67.2 Å². The summed E-state index contributed by atoms with van der Waals surface area (Å²) >= 11 is 1.70. The number of carbonyl (C=O) groups excluding carboxylic acids is 1. The van der Waals surface area contributed by atoms with Crippen molar-refractivity contribution < 1.29 is 4.79 Å². The molecule has 2 aromatic heterocycles. The van der Waals surface area contributed by atoms with Gasteiger partial charge in [0.25, 0.3) is 5.91 Å². The van der Waals surface area contributed by atoms with Gasteiger partial charge >= 0.3 is 0 Å². The molecule has 3 heterocycles. The standard InChI is InChI=1S/C23H24N6OS/c1-15-4-7-21(29-24-8-9-25-29)19(10-15)23(30)28-13-16(2)12-27(28)14-18-5-6-20-22(11-18)31-17(3)26-20/h4-11,16H,12-14H2,1-3H3/t16-/m1/s1. The first-order valence-electron chi connectivity index (χ1n) is 10.4. The van der Waals surface area contributed by atoms with Crippen molar-refractivity contribution in [1.29, 1.82) is 0 Å². The van der Waals surface area contributed by atoms with Gasteiger partial charge in [0.05, 0.1) is 38.9 Å². The first-order chi connectivity index (χ1) is 15.0. The van der Waals surface area contributed by atoms with Gasteiger partial charge in [-0.1, -0.05) is 24.6 Å². The summed E-state index contributed by atoms with van der Waals surface area (Å²) in [7, 11) is 0. The predicted molar refractivity (Wildman–Crippen MR) is 121 cm³/mol. The summed E-state index contributed by atoms with van der Waals surface area (Å²) in [4.78, 5) is 19.7. The lowest BCUT2D eigenvalue weighted by atomic mass is 10.1. The molecule has 1 saturated heterocycles. The van der Waals surface area contributed by atoms with Gasteiger partial charge < -0.3 is 0 Å². The number of nitrogens with zero attached hydrogens (tertiary/aromatic N) is 6. The van der Waals surface area contributed by atoms with Crippen molar-refractivity contribution in [2.75, 3.05) is 13.1 Å². The van der Waals surface area contributed by atoms with Crippen LogP contribution in [0.2, 0.25) is 0 Å². The molecule has 0 N–H and O–H groups in total. The Labute approximate surface area is 184 Å². The molecule has 0 radical (unpaired) electrons. The maximum Gasteiger partial charge on any atom is 0.270 e. The van der Waals surface area contributed by atoms with Gasteiger partial charge in [0.15, 0.2) is 0 Å². The van der Waals surface area contributed by atoms with Gasteiger partial charge in [-0.15, -0.1) is 11.3 Å². The molecule has 1 aliphatic rings. The highest BCUT2D eigenvalue weighted by Crippen LogP contribution is 2.27. The van der Waals surface area contributed by atoms with Crippen molar-refractivity contribution in [3.05, 3.63) is 70.5 Å². The number of rotatable bonds is 4. The molecular formula is C23H24N6OS. The van der Waals surface area contributed by atoms with Crippen LogP contribution in [0.15, 0.2) is 48.8 Å². The first-order valence-corrected chi connectivity index (χ1v) is 11.2. The van der Waals surface area contributed by atoms with E-state index in [1.54, 1.807) is 23.7 Å². The van der Waals surface area contributed by atoms with Crippen LogP contribution in [0.4, 0.5) is 0 Å². The summed E-state index contributed by atoms with van der Waals surface area (Å²) in [5, 5.41) is 13.6. The zero-order valence-corrected chi connectivity index (χ0v) is 18.6. The number of thiazole rings is 1.